The van der Waals surface area contributed by atoms with Gasteiger partial charge in [0.05, 0.1) is 11.5 Å². The lowest BCUT2D eigenvalue weighted by Gasteiger charge is -2.27. The smallest absolute Gasteiger partial charge is 0.107 e. The molecule has 1 aliphatic rings. The van der Waals surface area contributed by atoms with Gasteiger partial charge in [-0.3, -0.25) is 0 Å². The molecule has 0 aliphatic carbocycles. The molecule has 0 unspecified atom stereocenters. The number of hydrogen-bond donors (Lipinski definition) is 0. The molecule has 1 saturated heterocycles. The topological polar surface area (TPSA) is 46.8 Å². The van der Waals surface area contributed by atoms with Crippen LogP contribution in [0.1, 0.15) is 19.8 Å². The zero-order valence-electron chi connectivity index (χ0n) is 6.09. The van der Waals surface area contributed by atoms with E-state index >= 15 is 0 Å². The second-order valence-corrected chi connectivity index (χ2v) is 4.72. The molecule has 1 aliphatic heterocycles. The van der Waals surface area contributed by atoms with Gasteiger partial charge >= 0.3 is 0 Å². The molecule has 0 atom stereocenters. The summed E-state index contributed by atoms with van der Waals surface area (Å²) in [6.45, 7) is 1.95. The predicted octanol–water partition coefficient (Wildman–Crippen LogP) is 1.06. The Morgan fingerprint density at radius 1 is 1.50 bits per heavy atom. The first-order chi connectivity index (χ1) is 4.66. The summed E-state index contributed by atoms with van der Waals surface area (Å²) in [5.74, 6) is 1.42. The summed E-state index contributed by atoms with van der Waals surface area (Å²) in [5.41, 5.74) is -0.187. The third kappa shape index (κ3) is 1.65. The summed E-state index contributed by atoms with van der Waals surface area (Å²) in [4.78, 5) is 0. The molecule has 10 heavy (non-hydrogen) atoms. The molecule has 0 aromatic heterocycles. The average Bonchev–Trinajstić information content (AvgIpc) is 1.96. The van der Waals surface area contributed by atoms with E-state index in [1.165, 1.54) is 0 Å². The number of nitrogens with zero attached hydrogens (tertiary/aromatic N) is 1. The van der Waals surface area contributed by atoms with Gasteiger partial charge in [-0.25, -0.2) is 0 Å². The van der Waals surface area contributed by atoms with Gasteiger partial charge in [0.2, 0.25) is 0 Å². The third-order valence-corrected chi connectivity index (χ3v) is 3.35. The fourth-order valence-electron chi connectivity index (χ4n) is 1.02. The lowest BCUT2D eigenvalue weighted by molar-refractivity contribution is 0.392. The highest BCUT2D eigenvalue weighted by Crippen LogP contribution is 2.30. The summed E-state index contributed by atoms with van der Waals surface area (Å²) in [5, 5.41) is 8.69. The van der Waals surface area contributed by atoms with Gasteiger partial charge in [0.1, 0.15) is 11.5 Å². The van der Waals surface area contributed by atoms with Crippen LogP contribution in [0.2, 0.25) is 0 Å². The van der Waals surface area contributed by atoms with Gasteiger partial charge in [0.25, 0.3) is 0 Å². The van der Waals surface area contributed by atoms with Crippen molar-refractivity contribution in [3.8, 4) is 6.07 Å². The Labute approximate surface area is 64.4 Å². The Morgan fingerprint density at radius 3 is 2.40 bits per heavy atom. The second-order valence-electron chi connectivity index (χ2n) is 3.02. The zero-order valence-corrected chi connectivity index (χ0v) is 6.91. The van der Waals surface area contributed by atoms with Crippen LogP contribution in [0.3, 0.4) is 0 Å². The van der Waals surface area contributed by atoms with Crippen molar-refractivity contribution < 1.29 is 4.55 Å². The Kier molecular flexibility index (Phi) is 2.22. The van der Waals surface area contributed by atoms with Gasteiger partial charge in [-0.05, 0) is 6.92 Å². The highest BCUT2D eigenvalue weighted by atomic mass is 32.2. The molecule has 56 valence electrons. The van der Waals surface area contributed by atoms with Gasteiger partial charge in [0, 0.05) is 12.8 Å². The van der Waals surface area contributed by atoms with E-state index in [0.717, 1.165) is 12.8 Å². The molecule has 0 saturated carbocycles. The fourth-order valence-corrected chi connectivity index (χ4v) is 2.58. The standard InChI is InChI=1S/C7H11NOS/c1-7(6-8)2-4-10(9)5-3-7/h2-5H2,1H3. The van der Waals surface area contributed by atoms with Crippen LogP contribution in [0, 0.1) is 16.7 Å². The minimum Gasteiger partial charge on any atom is -0.616 e. The molecule has 0 amide bonds. The molecule has 1 rings (SSSR count). The maximum atomic E-state index is 10.9. The van der Waals surface area contributed by atoms with Crippen LogP contribution >= 0.6 is 0 Å². The Bertz CT molecular complexity index is 155. The summed E-state index contributed by atoms with van der Waals surface area (Å²) in [6, 6.07) is 2.27. The van der Waals surface area contributed by atoms with Crippen molar-refractivity contribution in [2.24, 2.45) is 5.41 Å². The Morgan fingerprint density at radius 2 is 2.00 bits per heavy atom. The molecule has 3 heteroatoms. The van der Waals surface area contributed by atoms with Gasteiger partial charge in [-0.2, -0.15) is 5.26 Å². The van der Waals surface area contributed by atoms with Crippen LogP contribution in [-0.2, 0) is 11.2 Å². The monoisotopic (exact) mass is 157 g/mol. The summed E-state index contributed by atoms with van der Waals surface area (Å²) in [7, 11) is 0. The summed E-state index contributed by atoms with van der Waals surface area (Å²) in [6.07, 6.45) is 1.60. The fraction of sp³-hybridized carbons (Fsp3) is 0.857. The lowest BCUT2D eigenvalue weighted by atomic mass is 9.86. The van der Waals surface area contributed by atoms with Crippen molar-refractivity contribution >= 4 is 11.2 Å². The third-order valence-electron chi connectivity index (χ3n) is 2.03. The number of rotatable bonds is 0. The minimum absolute atomic E-state index is 0.187. The Balaban J connectivity index is 2.48. The number of nitriles is 1. The first-order valence-electron chi connectivity index (χ1n) is 3.42. The molecular weight excluding hydrogens is 146 g/mol. The van der Waals surface area contributed by atoms with Crippen LogP contribution in [0.5, 0.6) is 0 Å². The van der Waals surface area contributed by atoms with Gasteiger partial charge in [-0.15, -0.1) is 0 Å². The highest BCUT2D eigenvalue weighted by molar-refractivity contribution is 7.91. The molecule has 0 spiro atoms. The van der Waals surface area contributed by atoms with Crippen molar-refractivity contribution in [3.63, 3.8) is 0 Å². The van der Waals surface area contributed by atoms with Crippen LogP contribution in [-0.4, -0.2) is 16.1 Å². The highest BCUT2D eigenvalue weighted by Gasteiger charge is 2.32. The van der Waals surface area contributed by atoms with E-state index in [9.17, 15) is 4.55 Å². The molecule has 1 fully saturated rings. The largest absolute Gasteiger partial charge is 0.616 e. The van der Waals surface area contributed by atoms with Crippen LogP contribution in [0.25, 0.3) is 0 Å². The van der Waals surface area contributed by atoms with E-state index in [0.29, 0.717) is 11.5 Å². The van der Waals surface area contributed by atoms with Crippen molar-refractivity contribution in [2.45, 2.75) is 19.8 Å². The maximum absolute atomic E-state index is 10.9. The van der Waals surface area contributed by atoms with Crippen LogP contribution in [0.4, 0.5) is 0 Å². The minimum atomic E-state index is -0.640. The molecular formula is C7H11NOS. The van der Waals surface area contributed by atoms with Crippen LogP contribution in [0.15, 0.2) is 0 Å². The molecule has 0 bridgehead atoms. The average molecular weight is 157 g/mol. The van der Waals surface area contributed by atoms with E-state index in [4.69, 9.17) is 5.26 Å². The van der Waals surface area contributed by atoms with Gasteiger partial charge in [-0.1, -0.05) is 11.2 Å². The second kappa shape index (κ2) is 2.81. The molecule has 2 nitrogen and oxygen atoms in total. The van der Waals surface area contributed by atoms with Gasteiger partial charge < -0.3 is 4.55 Å². The normalized spacial score (nSPS) is 40.7. The summed E-state index contributed by atoms with van der Waals surface area (Å²) < 4.78 is 10.9. The molecule has 0 radical (unpaired) electrons. The lowest BCUT2D eigenvalue weighted by Crippen LogP contribution is -2.29. The first kappa shape index (κ1) is 7.90. The van der Waals surface area contributed by atoms with E-state index in [2.05, 4.69) is 6.07 Å². The number of hydrogen-bond acceptors (Lipinski definition) is 2. The Hall–Kier alpha value is -0.200. The van der Waals surface area contributed by atoms with E-state index in [1.807, 2.05) is 6.92 Å². The molecule has 0 aromatic rings. The quantitative estimate of drug-likeness (QED) is 0.493. The van der Waals surface area contributed by atoms with Gasteiger partial charge in [0.15, 0.2) is 0 Å². The zero-order chi connectivity index (χ0) is 7.61. The van der Waals surface area contributed by atoms with E-state index in [1.54, 1.807) is 0 Å². The van der Waals surface area contributed by atoms with Crippen molar-refractivity contribution in [3.05, 3.63) is 0 Å². The van der Waals surface area contributed by atoms with E-state index in [-0.39, 0.29) is 5.41 Å². The maximum Gasteiger partial charge on any atom is 0.107 e. The first-order valence-corrected chi connectivity index (χ1v) is 4.91. The summed E-state index contributed by atoms with van der Waals surface area (Å²) >= 11 is -0.640. The molecule has 1 heterocycles. The van der Waals surface area contributed by atoms with Crippen LogP contribution < -0.4 is 0 Å². The molecule has 0 aromatic carbocycles. The van der Waals surface area contributed by atoms with Crippen molar-refractivity contribution in [1.29, 1.82) is 5.26 Å². The van der Waals surface area contributed by atoms with E-state index < -0.39 is 11.2 Å². The SMILES string of the molecule is CC1(C#N)CC[S+]([O-])CC1. The van der Waals surface area contributed by atoms with Crippen molar-refractivity contribution in [2.75, 3.05) is 11.5 Å². The molecule has 0 N–H and O–H groups in total. The van der Waals surface area contributed by atoms with Crippen molar-refractivity contribution in [1.82, 2.24) is 0 Å². The predicted molar refractivity (Wildman–Crippen MR) is 40.8 cm³/mol.